The molecule has 2 rings (SSSR count). The molecule has 0 saturated heterocycles. The lowest BCUT2D eigenvalue weighted by Gasteiger charge is -2.20. The summed E-state index contributed by atoms with van der Waals surface area (Å²) in [5.74, 6) is -0.237. The second kappa shape index (κ2) is 6.78. The van der Waals surface area contributed by atoms with Gasteiger partial charge in [0.15, 0.2) is 5.78 Å². The van der Waals surface area contributed by atoms with Crippen LogP contribution in [0.5, 0.6) is 0 Å². The van der Waals surface area contributed by atoms with Gasteiger partial charge in [0.2, 0.25) is 0 Å². The average Bonchev–Trinajstić information content (AvgIpc) is 3.21. The number of methoxy groups -OCH3 is 1. The maximum absolute atomic E-state index is 13.5. The Morgan fingerprint density at radius 2 is 2.16 bits per heavy atom. The molecule has 104 valence electrons. The van der Waals surface area contributed by atoms with Gasteiger partial charge in [-0.15, -0.1) is 0 Å². The van der Waals surface area contributed by atoms with Crippen molar-refractivity contribution < 1.29 is 13.9 Å². The minimum absolute atomic E-state index is 0.0631. The largest absolute Gasteiger partial charge is 0.383 e. The number of carbonyl (C=O) groups excluding carboxylic acids is 1. The molecule has 1 saturated carbocycles. The Morgan fingerprint density at radius 3 is 2.79 bits per heavy atom. The van der Waals surface area contributed by atoms with Crippen molar-refractivity contribution in [1.29, 1.82) is 0 Å². The molecule has 0 bridgehead atoms. The molecule has 0 heterocycles. The molecule has 4 heteroatoms. The summed E-state index contributed by atoms with van der Waals surface area (Å²) in [7, 11) is 1.66. The number of hydrogen-bond acceptors (Lipinski definition) is 3. The number of nitrogens with zero attached hydrogens (tertiary/aromatic N) is 1. The van der Waals surface area contributed by atoms with Gasteiger partial charge in [0.05, 0.1) is 13.2 Å². The van der Waals surface area contributed by atoms with Crippen LogP contribution >= 0.6 is 0 Å². The number of hydrogen-bond donors (Lipinski definition) is 0. The average molecular weight is 265 g/mol. The number of halogens is 1. The van der Waals surface area contributed by atoms with E-state index in [4.69, 9.17) is 4.74 Å². The Hall–Kier alpha value is -1.26. The van der Waals surface area contributed by atoms with Gasteiger partial charge >= 0.3 is 0 Å². The second-order valence-electron chi connectivity index (χ2n) is 5.00. The molecule has 1 aromatic rings. The molecule has 3 nitrogen and oxygen atoms in total. The molecule has 0 unspecified atom stereocenters. The van der Waals surface area contributed by atoms with Gasteiger partial charge in [-0.05, 0) is 24.5 Å². The molecular formula is C15H20FNO2. The highest BCUT2D eigenvalue weighted by Crippen LogP contribution is 2.26. The molecular weight excluding hydrogens is 245 g/mol. The lowest BCUT2D eigenvalue weighted by Crippen LogP contribution is -2.35. The smallest absolute Gasteiger partial charge is 0.151 e. The third kappa shape index (κ3) is 4.40. The van der Waals surface area contributed by atoms with Crippen molar-refractivity contribution in [2.24, 2.45) is 0 Å². The van der Waals surface area contributed by atoms with E-state index in [1.54, 1.807) is 25.3 Å². The van der Waals surface area contributed by atoms with Gasteiger partial charge < -0.3 is 4.74 Å². The Balaban J connectivity index is 1.87. The Kier molecular flexibility index (Phi) is 5.05. The monoisotopic (exact) mass is 265 g/mol. The standard InChI is InChI=1S/C15H20FNO2/c1-19-9-8-17(13-6-7-13)11-14(18)10-12-4-2-3-5-15(12)16/h2-5,13H,6-11H2,1H3. The molecule has 0 aliphatic heterocycles. The number of ether oxygens (including phenoxy) is 1. The molecule has 1 aliphatic carbocycles. The molecule has 0 radical (unpaired) electrons. The molecule has 1 fully saturated rings. The van der Waals surface area contributed by atoms with E-state index in [0.29, 0.717) is 24.8 Å². The topological polar surface area (TPSA) is 29.5 Å². The highest BCUT2D eigenvalue weighted by Gasteiger charge is 2.29. The van der Waals surface area contributed by atoms with Crippen LogP contribution in [0.15, 0.2) is 24.3 Å². The maximum atomic E-state index is 13.5. The van der Waals surface area contributed by atoms with Crippen LogP contribution in [0.25, 0.3) is 0 Å². The molecule has 0 aromatic heterocycles. The minimum atomic E-state index is -0.300. The number of Topliss-reactive ketones (excluding diaryl/α,β-unsaturated/α-hetero) is 1. The third-order valence-corrected chi connectivity index (χ3v) is 3.37. The van der Waals surface area contributed by atoms with Crippen LogP contribution in [0.4, 0.5) is 4.39 Å². The van der Waals surface area contributed by atoms with E-state index in [1.807, 2.05) is 0 Å². The zero-order chi connectivity index (χ0) is 13.7. The van der Waals surface area contributed by atoms with Crippen molar-refractivity contribution in [2.75, 3.05) is 26.8 Å². The maximum Gasteiger partial charge on any atom is 0.151 e. The summed E-state index contributed by atoms with van der Waals surface area (Å²) in [5.41, 5.74) is 0.481. The van der Waals surface area contributed by atoms with Crippen LogP contribution in [0.2, 0.25) is 0 Å². The van der Waals surface area contributed by atoms with Crippen LogP contribution in [0.1, 0.15) is 18.4 Å². The van der Waals surface area contributed by atoms with E-state index >= 15 is 0 Å². The van der Waals surface area contributed by atoms with Crippen molar-refractivity contribution in [2.45, 2.75) is 25.3 Å². The lowest BCUT2D eigenvalue weighted by atomic mass is 10.1. The summed E-state index contributed by atoms with van der Waals surface area (Å²) in [6, 6.07) is 6.98. The van der Waals surface area contributed by atoms with Crippen molar-refractivity contribution in [3.05, 3.63) is 35.6 Å². The van der Waals surface area contributed by atoms with E-state index in [9.17, 15) is 9.18 Å². The summed E-state index contributed by atoms with van der Waals surface area (Å²) < 4.78 is 18.5. The molecule has 1 aromatic carbocycles. The van der Waals surface area contributed by atoms with Crippen LogP contribution < -0.4 is 0 Å². The number of benzene rings is 1. The highest BCUT2D eigenvalue weighted by atomic mass is 19.1. The molecule has 0 spiro atoms. The first-order valence-electron chi connectivity index (χ1n) is 6.69. The quantitative estimate of drug-likeness (QED) is 0.720. The molecule has 1 aliphatic rings. The predicted octanol–water partition coefficient (Wildman–Crippen LogP) is 2.05. The fourth-order valence-corrected chi connectivity index (χ4v) is 2.18. The number of ketones is 1. The summed E-state index contributed by atoms with van der Waals surface area (Å²) >= 11 is 0. The molecule has 0 amide bonds. The van der Waals surface area contributed by atoms with E-state index in [0.717, 1.165) is 19.4 Å². The van der Waals surface area contributed by atoms with Crippen molar-refractivity contribution >= 4 is 5.78 Å². The van der Waals surface area contributed by atoms with Crippen molar-refractivity contribution in [3.8, 4) is 0 Å². The molecule has 0 N–H and O–H groups in total. The Morgan fingerprint density at radius 1 is 1.42 bits per heavy atom. The van der Waals surface area contributed by atoms with Gasteiger partial charge in [-0.25, -0.2) is 4.39 Å². The number of rotatable bonds is 8. The van der Waals surface area contributed by atoms with Crippen LogP contribution in [-0.2, 0) is 16.0 Å². The first-order valence-corrected chi connectivity index (χ1v) is 6.69. The number of carbonyl (C=O) groups is 1. The summed E-state index contributed by atoms with van der Waals surface area (Å²) in [4.78, 5) is 14.2. The fraction of sp³-hybridized carbons (Fsp3) is 0.533. The van der Waals surface area contributed by atoms with Crippen LogP contribution in [0, 0.1) is 5.82 Å². The Bertz CT molecular complexity index is 432. The third-order valence-electron chi connectivity index (χ3n) is 3.37. The highest BCUT2D eigenvalue weighted by molar-refractivity contribution is 5.82. The fourth-order valence-electron chi connectivity index (χ4n) is 2.18. The molecule has 0 atom stereocenters. The minimum Gasteiger partial charge on any atom is -0.383 e. The van der Waals surface area contributed by atoms with E-state index < -0.39 is 0 Å². The van der Waals surface area contributed by atoms with Gasteiger partial charge in [0.1, 0.15) is 5.82 Å². The zero-order valence-corrected chi connectivity index (χ0v) is 11.3. The first kappa shape index (κ1) is 14.2. The normalized spacial score (nSPS) is 14.9. The molecule has 19 heavy (non-hydrogen) atoms. The van der Waals surface area contributed by atoms with Gasteiger partial charge in [-0.3, -0.25) is 9.69 Å². The first-order chi connectivity index (χ1) is 9.20. The van der Waals surface area contributed by atoms with Gasteiger partial charge in [0.25, 0.3) is 0 Å². The summed E-state index contributed by atoms with van der Waals surface area (Å²) in [6.45, 7) is 1.79. The van der Waals surface area contributed by atoms with E-state index in [2.05, 4.69) is 4.90 Å². The predicted molar refractivity (Wildman–Crippen MR) is 71.6 cm³/mol. The zero-order valence-electron chi connectivity index (χ0n) is 11.3. The lowest BCUT2D eigenvalue weighted by molar-refractivity contribution is -0.119. The van der Waals surface area contributed by atoms with E-state index in [1.165, 1.54) is 6.07 Å². The van der Waals surface area contributed by atoms with Gasteiger partial charge in [-0.2, -0.15) is 0 Å². The summed E-state index contributed by atoms with van der Waals surface area (Å²) in [5, 5.41) is 0. The summed E-state index contributed by atoms with van der Waals surface area (Å²) in [6.07, 6.45) is 2.47. The van der Waals surface area contributed by atoms with Crippen LogP contribution in [0.3, 0.4) is 0 Å². The van der Waals surface area contributed by atoms with Gasteiger partial charge in [0, 0.05) is 26.1 Å². The second-order valence-corrected chi connectivity index (χ2v) is 5.00. The Labute approximate surface area is 113 Å². The van der Waals surface area contributed by atoms with Gasteiger partial charge in [-0.1, -0.05) is 18.2 Å². The SMILES string of the molecule is COCCN(CC(=O)Cc1ccccc1F)C1CC1. The van der Waals surface area contributed by atoms with Crippen molar-refractivity contribution in [1.82, 2.24) is 4.90 Å². The van der Waals surface area contributed by atoms with Crippen molar-refractivity contribution in [3.63, 3.8) is 0 Å². The van der Waals surface area contributed by atoms with Crippen LogP contribution in [-0.4, -0.2) is 43.5 Å². The van der Waals surface area contributed by atoms with E-state index in [-0.39, 0.29) is 18.0 Å².